The molecular weight excluding hydrogens is 295 g/mol. The van der Waals surface area contributed by atoms with Crippen LogP contribution in [0.5, 0.6) is 0 Å². The number of halogens is 1. The molecule has 0 aliphatic carbocycles. The molecule has 2 rings (SSSR count). The Labute approximate surface area is 124 Å². The quantitative estimate of drug-likeness (QED) is 0.908. The highest BCUT2D eigenvalue weighted by atomic mass is 32.2. The Morgan fingerprint density at radius 3 is 2.86 bits per heavy atom. The largest absolute Gasteiger partial charge is 0.338 e. The highest BCUT2D eigenvalue weighted by Crippen LogP contribution is 2.16. The Hall–Kier alpha value is -1.63. The summed E-state index contributed by atoms with van der Waals surface area (Å²) in [6, 6.07) is 5.66. The lowest BCUT2D eigenvalue weighted by molar-refractivity contribution is 0.195. The lowest BCUT2D eigenvalue weighted by Gasteiger charge is -2.23. The minimum atomic E-state index is -3.01. The van der Waals surface area contributed by atoms with Gasteiger partial charge >= 0.3 is 6.03 Å². The van der Waals surface area contributed by atoms with Gasteiger partial charge in [0.15, 0.2) is 9.84 Å². The van der Waals surface area contributed by atoms with E-state index in [1.807, 2.05) is 0 Å². The van der Waals surface area contributed by atoms with Crippen molar-refractivity contribution in [1.29, 1.82) is 0 Å². The Balaban J connectivity index is 1.79. The van der Waals surface area contributed by atoms with E-state index in [1.165, 1.54) is 17.0 Å². The van der Waals surface area contributed by atoms with Crippen molar-refractivity contribution in [2.45, 2.75) is 18.9 Å². The van der Waals surface area contributed by atoms with Gasteiger partial charge in [-0.2, -0.15) is 0 Å². The second-order valence-electron chi connectivity index (χ2n) is 5.28. The first-order valence-corrected chi connectivity index (χ1v) is 8.65. The molecule has 1 aliphatic heterocycles. The van der Waals surface area contributed by atoms with Crippen LogP contribution in [-0.4, -0.2) is 50.5 Å². The van der Waals surface area contributed by atoms with Crippen LogP contribution in [0, 0.1) is 5.82 Å². The number of rotatable bonds is 4. The van der Waals surface area contributed by atoms with E-state index in [-0.39, 0.29) is 29.4 Å². The van der Waals surface area contributed by atoms with Crippen molar-refractivity contribution in [3.63, 3.8) is 0 Å². The van der Waals surface area contributed by atoms with Crippen LogP contribution < -0.4 is 5.32 Å². The molecule has 0 saturated carbocycles. The van der Waals surface area contributed by atoms with Gasteiger partial charge in [0.2, 0.25) is 0 Å². The molecule has 1 aromatic rings. The fourth-order valence-electron chi connectivity index (χ4n) is 2.38. The highest BCUT2D eigenvalue weighted by Gasteiger charge is 2.32. The van der Waals surface area contributed by atoms with E-state index in [9.17, 15) is 17.6 Å². The summed E-state index contributed by atoms with van der Waals surface area (Å²) in [6.45, 7) is 0.381. The highest BCUT2D eigenvalue weighted by molar-refractivity contribution is 7.91. The molecule has 5 nitrogen and oxygen atoms in total. The van der Waals surface area contributed by atoms with E-state index < -0.39 is 9.84 Å². The summed E-state index contributed by atoms with van der Waals surface area (Å²) in [4.78, 5) is 13.4. The molecule has 116 valence electrons. The minimum Gasteiger partial charge on any atom is -0.338 e. The number of hydrogen-bond acceptors (Lipinski definition) is 3. The molecule has 1 aromatic carbocycles. The average molecular weight is 314 g/mol. The molecule has 1 atom stereocenters. The summed E-state index contributed by atoms with van der Waals surface area (Å²) >= 11 is 0. The molecular formula is C14H19FN2O3S. The summed E-state index contributed by atoms with van der Waals surface area (Å²) in [7, 11) is -1.41. The lowest BCUT2D eigenvalue weighted by atomic mass is 10.1. The number of amides is 2. The van der Waals surface area contributed by atoms with Crippen LogP contribution in [0.15, 0.2) is 24.3 Å². The number of benzene rings is 1. The first-order chi connectivity index (χ1) is 9.87. The molecule has 1 fully saturated rings. The number of hydrogen-bond donors (Lipinski definition) is 1. The molecule has 1 aliphatic rings. The standard InChI is InChI=1S/C14H19FN2O3S/c1-17(13-6-8-21(19,20)10-13)14(18)16-7-5-11-3-2-4-12(15)9-11/h2-4,9,13H,5-8,10H2,1H3,(H,16,18). The zero-order valence-electron chi connectivity index (χ0n) is 11.9. The van der Waals surface area contributed by atoms with Gasteiger partial charge in [0.25, 0.3) is 0 Å². The number of nitrogens with zero attached hydrogens (tertiary/aromatic N) is 1. The summed E-state index contributed by atoms with van der Waals surface area (Å²) in [6.07, 6.45) is 1.01. The SMILES string of the molecule is CN(C(=O)NCCc1cccc(F)c1)C1CCS(=O)(=O)C1. The Bertz CT molecular complexity index is 618. The van der Waals surface area contributed by atoms with E-state index in [1.54, 1.807) is 19.2 Å². The maximum atomic E-state index is 13.0. The van der Waals surface area contributed by atoms with Crippen LogP contribution in [0.4, 0.5) is 9.18 Å². The molecule has 1 N–H and O–H groups in total. The summed E-state index contributed by atoms with van der Waals surface area (Å²) in [5.74, 6) is -0.133. The van der Waals surface area contributed by atoms with E-state index in [0.29, 0.717) is 19.4 Å². The smallest absolute Gasteiger partial charge is 0.317 e. The molecule has 21 heavy (non-hydrogen) atoms. The van der Waals surface area contributed by atoms with Crippen LogP contribution in [0.3, 0.4) is 0 Å². The molecule has 0 radical (unpaired) electrons. The summed E-state index contributed by atoms with van der Waals surface area (Å²) < 4.78 is 35.8. The predicted octanol–water partition coefficient (Wildman–Crippen LogP) is 1.20. The normalized spacial score (nSPS) is 20.2. The molecule has 0 bridgehead atoms. The first-order valence-electron chi connectivity index (χ1n) is 6.83. The summed E-state index contributed by atoms with van der Waals surface area (Å²) in [5, 5.41) is 2.72. The van der Waals surface area contributed by atoms with Gasteiger partial charge in [0.05, 0.1) is 11.5 Å². The first kappa shape index (κ1) is 15.8. The fourth-order valence-corrected chi connectivity index (χ4v) is 4.15. The van der Waals surface area contributed by atoms with Gasteiger partial charge in [-0.1, -0.05) is 12.1 Å². The van der Waals surface area contributed by atoms with Crippen molar-refractivity contribution in [2.75, 3.05) is 25.1 Å². The molecule has 1 saturated heterocycles. The second kappa shape index (κ2) is 6.43. The Kier molecular flexibility index (Phi) is 4.82. The van der Waals surface area contributed by atoms with Crippen LogP contribution in [0.25, 0.3) is 0 Å². The van der Waals surface area contributed by atoms with Crippen molar-refractivity contribution in [3.8, 4) is 0 Å². The van der Waals surface area contributed by atoms with E-state index in [2.05, 4.69) is 5.32 Å². The maximum absolute atomic E-state index is 13.0. The van der Waals surface area contributed by atoms with Gasteiger partial charge in [-0.3, -0.25) is 0 Å². The van der Waals surface area contributed by atoms with Crippen molar-refractivity contribution in [2.24, 2.45) is 0 Å². The Morgan fingerprint density at radius 1 is 1.48 bits per heavy atom. The third-order valence-corrected chi connectivity index (χ3v) is 5.41. The van der Waals surface area contributed by atoms with Crippen molar-refractivity contribution >= 4 is 15.9 Å². The maximum Gasteiger partial charge on any atom is 0.317 e. The number of sulfone groups is 1. The average Bonchev–Trinajstić information content (AvgIpc) is 2.78. The second-order valence-corrected chi connectivity index (χ2v) is 7.51. The van der Waals surface area contributed by atoms with Crippen LogP contribution in [-0.2, 0) is 16.3 Å². The van der Waals surface area contributed by atoms with Gasteiger partial charge in [0, 0.05) is 19.6 Å². The van der Waals surface area contributed by atoms with E-state index >= 15 is 0 Å². The zero-order valence-corrected chi connectivity index (χ0v) is 12.7. The van der Waals surface area contributed by atoms with Crippen molar-refractivity contribution in [1.82, 2.24) is 10.2 Å². The van der Waals surface area contributed by atoms with Gasteiger partial charge < -0.3 is 10.2 Å². The van der Waals surface area contributed by atoms with E-state index in [0.717, 1.165) is 5.56 Å². The number of carbonyl (C=O) groups excluding carboxylic acids is 1. The number of urea groups is 1. The zero-order chi connectivity index (χ0) is 15.5. The molecule has 0 aromatic heterocycles. The van der Waals surface area contributed by atoms with Crippen molar-refractivity contribution in [3.05, 3.63) is 35.6 Å². The molecule has 7 heteroatoms. The van der Waals surface area contributed by atoms with Crippen LogP contribution in [0.2, 0.25) is 0 Å². The number of nitrogens with one attached hydrogen (secondary N) is 1. The number of carbonyl (C=O) groups is 1. The Morgan fingerprint density at radius 2 is 2.24 bits per heavy atom. The third kappa shape index (κ3) is 4.42. The molecule has 2 amide bonds. The van der Waals surface area contributed by atoms with Crippen molar-refractivity contribution < 1.29 is 17.6 Å². The fraction of sp³-hybridized carbons (Fsp3) is 0.500. The van der Waals surface area contributed by atoms with Gasteiger partial charge in [-0.15, -0.1) is 0 Å². The molecule has 0 spiro atoms. The van der Waals surface area contributed by atoms with Gasteiger partial charge in [-0.25, -0.2) is 17.6 Å². The third-order valence-electron chi connectivity index (χ3n) is 3.66. The summed E-state index contributed by atoms with van der Waals surface area (Å²) in [5.41, 5.74) is 0.807. The molecule has 1 heterocycles. The topological polar surface area (TPSA) is 66.5 Å². The predicted molar refractivity (Wildman–Crippen MR) is 78.3 cm³/mol. The van der Waals surface area contributed by atoms with E-state index in [4.69, 9.17) is 0 Å². The lowest BCUT2D eigenvalue weighted by Crippen LogP contribution is -2.44. The van der Waals surface area contributed by atoms with Crippen LogP contribution >= 0.6 is 0 Å². The van der Waals surface area contributed by atoms with Crippen LogP contribution in [0.1, 0.15) is 12.0 Å². The molecule has 1 unspecified atom stereocenters. The van der Waals surface area contributed by atoms with Gasteiger partial charge in [0.1, 0.15) is 5.82 Å². The van der Waals surface area contributed by atoms with Gasteiger partial charge in [-0.05, 0) is 30.5 Å². The monoisotopic (exact) mass is 314 g/mol. The minimum absolute atomic E-state index is 0.0286.